The number of aliphatic hydroxyl groups excluding tert-OH is 1. The van der Waals surface area contributed by atoms with Crippen LogP contribution < -0.4 is 5.73 Å². The van der Waals surface area contributed by atoms with Crippen LogP contribution in [-0.4, -0.2) is 71.1 Å². The van der Waals surface area contributed by atoms with E-state index in [0.717, 1.165) is 64.2 Å². The summed E-state index contributed by atoms with van der Waals surface area (Å²) in [7, 11) is -4.74. The number of esters is 2. The Balaban J connectivity index is 4.52. The lowest BCUT2D eigenvalue weighted by Gasteiger charge is -2.20. The second-order valence-electron chi connectivity index (χ2n) is 14.3. The van der Waals surface area contributed by atoms with E-state index in [-0.39, 0.29) is 25.6 Å². The number of carbonyl (C=O) groups excluding carboxylic acids is 2. The molecule has 0 aliphatic rings. The molecular weight excluding hydrogens is 749 g/mol. The normalized spacial score (nSPS) is 14.9. The molecule has 5 N–H and O–H groups in total. The maximum absolute atomic E-state index is 12.6. The van der Waals surface area contributed by atoms with E-state index in [9.17, 15) is 28.9 Å². The van der Waals surface area contributed by atoms with Crippen molar-refractivity contribution in [2.45, 2.75) is 180 Å². The number of aliphatic carboxylic acids is 1. The summed E-state index contributed by atoms with van der Waals surface area (Å²) >= 11 is 0. The van der Waals surface area contributed by atoms with Crippen LogP contribution in [0, 0.1) is 0 Å². The van der Waals surface area contributed by atoms with E-state index in [2.05, 4.69) is 54.8 Å². The van der Waals surface area contributed by atoms with Crippen molar-refractivity contribution < 1.29 is 52.6 Å². The third-order valence-corrected chi connectivity index (χ3v) is 9.76. The molecule has 328 valence electrons. The molecule has 0 saturated carbocycles. The summed E-state index contributed by atoms with van der Waals surface area (Å²) < 4.78 is 32.6. The smallest absolute Gasteiger partial charge is 0.472 e. The van der Waals surface area contributed by atoms with Gasteiger partial charge in [0.1, 0.15) is 12.6 Å². The number of allylic oxidation sites excluding steroid dienone is 9. The molecule has 13 heteroatoms. The van der Waals surface area contributed by atoms with Crippen LogP contribution >= 0.6 is 7.82 Å². The van der Waals surface area contributed by atoms with Crippen molar-refractivity contribution in [3.8, 4) is 0 Å². The van der Waals surface area contributed by atoms with Crippen molar-refractivity contribution in [2.24, 2.45) is 5.73 Å². The number of hydrogen-bond donors (Lipinski definition) is 4. The van der Waals surface area contributed by atoms with Crippen LogP contribution in [0.5, 0.6) is 0 Å². The summed E-state index contributed by atoms with van der Waals surface area (Å²) in [6.07, 6.45) is 40.5. The molecule has 0 aliphatic heterocycles. The molecule has 12 nitrogen and oxygen atoms in total. The van der Waals surface area contributed by atoms with Gasteiger partial charge >= 0.3 is 25.7 Å². The molecule has 0 aromatic carbocycles. The quantitative estimate of drug-likeness (QED) is 0.0199. The van der Waals surface area contributed by atoms with Crippen LogP contribution in [0.25, 0.3) is 0 Å². The van der Waals surface area contributed by atoms with Crippen LogP contribution in [0.1, 0.15) is 162 Å². The molecule has 57 heavy (non-hydrogen) atoms. The Labute approximate surface area is 343 Å². The number of carboxylic acids is 1. The molecule has 0 bridgehead atoms. The first-order valence-electron chi connectivity index (χ1n) is 21.4. The fourth-order valence-corrected chi connectivity index (χ4v) is 6.14. The minimum Gasteiger partial charge on any atom is -0.480 e. The lowest BCUT2D eigenvalue weighted by molar-refractivity contribution is -0.161. The lowest BCUT2D eigenvalue weighted by atomic mass is 10.1. The highest BCUT2D eigenvalue weighted by Crippen LogP contribution is 2.43. The molecule has 0 aliphatic carbocycles. The molecule has 4 atom stereocenters. The fourth-order valence-electron chi connectivity index (χ4n) is 5.36. The van der Waals surface area contributed by atoms with E-state index in [1.165, 1.54) is 51.4 Å². The largest absolute Gasteiger partial charge is 0.480 e. The number of phosphoric acid groups is 1. The van der Waals surface area contributed by atoms with Gasteiger partial charge in [-0.15, -0.1) is 0 Å². The number of ether oxygens (including phenoxy) is 2. The van der Waals surface area contributed by atoms with Gasteiger partial charge in [0.2, 0.25) is 0 Å². The third-order valence-electron chi connectivity index (χ3n) is 8.81. The first kappa shape index (κ1) is 54.1. The van der Waals surface area contributed by atoms with Gasteiger partial charge in [-0.3, -0.25) is 23.4 Å². The SMILES string of the molecule is CCCCCC/C=C\CCCCCCCCCC(=O)OC[C@H](COP(=O)(O)OC[C@H](N)C(=O)O)OC(=O)CCC/C=C\C/C=C\C/C=C\C/C=C\[C@H](O)CCCC. The maximum Gasteiger partial charge on any atom is 0.472 e. The molecule has 0 aromatic heterocycles. The molecule has 0 saturated heterocycles. The highest BCUT2D eigenvalue weighted by atomic mass is 31.2. The Morgan fingerprint density at radius 2 is 1.11 bits per heavy atom. The number of carbonyl (C=O) groups is 3. The average molecular weight is 826 g/mol. The van der Waals surface area contributed by atoms with Gasteiger partial charge in [0.05, 0.1) is 19.3 Å². The van der Waals surface area contributed by atoms with Crippen molar-refractivity contribution in [1.29, 1.82) is 0 Å². The summed E-state index contributed by atoms with van der Waals surface area (Å²) in [6, 6.07) is -1.54. The van der Waals surface area contributed by atoms with Crippen molar-refractivity contribution in [2.75, 3.05) is 19.8 Å². The predicted octanol–water partition coefficient (Wildman–Crippen LogP) is 10.1. The van der Waals surface area contributed by atoms with E-state index < -0.39 is 51.1 Å². The summed E-state index contributed by atoms with van der Waals surface area (Å²) in [5.74, 6) is -2.49. The summed E-state index contributed by atoms with van der Waals surface area (Å²) in [4.78, 5) is 45.9. The number of carboxylic acid groups (broad SMARTS) is 1. The minimum atomic E-state index is -4.74. The summed E-state index contributed by atoms with van der Waals surface area (Å²) in [6.45, 7) is 2.55. The molecule has 0 aromatic rings. The topological polar surface area (TPSA) is 192 Å². The van der Waals surface area contributed by atoms with E-state index in [0.29, 0.717) is 19.3 Å². The number of aliphatic hydroxyl groups is 1. The second kappa shape index (κ2) is 38.6. The Morgan fingerprint density at radius 1 is 0.614 bits per heavy atom. The highest BCUT2D eigenvalue weighted by Gasteiger charge is 2.28. The first-order valence-corrected chi connectivity index (χ1v) is 22.9. The first-order chi connectivity index (χ1) is 27.5. The number of hydrogen-bond acceptors (Lipinski definition) is 10. The van der Waals surface area contributed by atoms with E-state index in [4.69, 9.17) is 24.8 Å². The van der Waals surface area contributed by atoms with Gasteiger partial charge in [-0.05, 0) is 70.6 Å². The monoisotopic (exact) mass is 826 g/mol. The number of phosphoric ester groups is 1. The highest BCUT2D eigenvalue weighted by molar-refractivity contribution is 7.47. The van der Waals surface area contributed by atoms with Gasteiger partial charge in [0.15, 0.2) is 6.10 Å². The second-order valence-corrected chi connectivity index (χ2v) is 15.7. The average Bonchev–Trinajstić information content (AvgIpc) is 3.18. The number of rotatable bonds is 39. The minimum absolute atomic E-state index is 0.0656. The fraction of sp³-hybridized carbons (Fsp3) is 0.705. The zero-order chi connectivity index (χ0) is 42.2. The van der Waals surface area contributed by atoms with Crippen molar-refractivity contribution in [3.63, 3.8) is 0 Å². The Bertz CT molecular complexity index is 1220. The molecule has 0 rings (SSSR count). The molecule has 0 amide bonds. The van der Waals surface area contributed by atoms with Gasteiger partial charge in [-0.2, -0.15) is 0 Å². The van der Waals surface area contributed by atoms with Crippen LogP contribution in [0.4, 0.5) is 0 Å². The molecule has 0 heterocycles. The van der Waals surface area contributed by atoms with E-state index >= 15 is 0 Å². The lowest BCUT2D eigenvalue weighted by Crippen LogP contribution is -2.34. The molecule has 0 fully saturated rings. The van der Waals surface area contributed by atoms with Crippen molar-refractivity contribution in [3.05, 3.63) is 60.8 Å². The number of unbranched alkanes of at least 4 members (excludes halogenated alkanes) is 13. The van der Waals surface area contributed by atoms with Crippen molar-refractivity contribution in [1.82, 2.24) is 0 Å². The Kier molecular flexibility index (Phi) is 36.7. The predicted molar refractivity (Wildman–Crippen MR) is 227 cm³/mol. The number of nitrogens with two attached hydrogens (primary N) is 1. The van der Waals surface area contributed by atoms with E-state index in [1.807, 2.05) is 24.3 Å². The Hall–Kier alpha value is -2.86. The standard InChI is InChI=1S/C44H76NO11P/c1-3-5-7-8-9-10-11-12-13-14-18-21-24-27-30-34-42(47)53-36-40(37-54-57(51,52)55-38-41(45)44(49)50)56-43(48)35-31-28-25-22-19-16-15-17-20-23-26-29-33-39(46)32-6-4-2/h10-11,15-16,20,22-23,25,29,33,39-41,46H,3-9,12-14,17-19,21,24,26-28,30-32,34-38,45H2,1-2H3,(H,49,50)(H,51,52)/b11-10-,16-15-,23-20-,25-22-,33-29-/t39-,40-,41+/m1/s1. The maximum atomic E-state index is 12.6. The Morgan fingerprint density at radius 3 is 1.72 bits per heavy atom. The van der Waals surface area contributed by atoms with Gasteiger partial charge < -0.3 is 30.3 Å². The summed E-state index contributed by atoms with van der Waals surface area (Å²) in [5, 5.41) is 18.7. The molecule has 0 radical (unpaired) electrons. The third kappa shape index (κ3) is 38.4. The summed E-state index contributed by atoms with van der Waals surface area (Å²) in [5.41, 5.74) is 5.32. The molecule has 0 spiro atoms. The van der Waals surface area contributed by atoms with Gasteiger partial charge in [0, 0.05) is 12.8 Å². The zero-order valence-corrected chi connectivity index (χ0v) is 35.9. The zero-order valence-electron chi connectivity index (χ0n) is 35.0. The van der Waals surface area contributed by atoms with Crippen LogP contribution in [0.15, 0.2) is 60.8 Å². The van der Waals surface area contributed by atoms with Gasteiger partial charge in [-0.25, -0.2) is 4.57 Å². The van der Waals surface area contributed by atoms with E-state index in [1.54, 1.807) is 0 Å². The molecule has 1 unspecified atom stereocenters. The van der Waals surface area contributed by atoms with Crippen LogP contribution in [-0.2, 0) is 37.5 Å². The van der Waals surface area contributed by atoms with Crippen molar-refractivity contribution >= 4 is 25.7 Å². The van der Waals surface area contributed by atoms with Crippen LogP contribution in [0.3, 0.4) is 0 Å². The van der Waals surface area contributed by atoms with Gasteiger partial charge in [0.25, 0.3) is 0 Å². The molecular formula is C44H76NO11P. The van der Waals surface area contributed by atoms with Gasteiger partial charge in [-0.1, -0.05) is 139 Å². The van der Waals surface area contributed by atoms with Crippen LogP contribution in [0.2, 0.25) is 0 Å².